The Kier molecular flexibility index (Phi) is 7.53. The van der Waals surface area contributed by atoms with Crippen molar-refractivity contribution in [3.8, 4) is 5.75 Å². The maximum absolute atomic E-state index is 11.9. The number of carbonyl (C=O) groups is 3. The summed E-state index contributed by atoms with van der Waals surface area (Å²) in [6.07, 6.45) is 0.455. The predicted octanol–water partition coefficient (Wildman–Crippen LogP) is 2.11. The van der Waals surface area contributed by atoms with Crippen LogP contribution in [0.5, 0.6) is 5.75 Å². The Labute approximate surface area is 160 Å². The van der Waals surface area contributed by atoms with Crippen LogP contribution >= 0.6 is 0 Å². The van der Waals surface area contributed by atoms with Crippen LogP contribution in [-0.2, 0) is 9.59 Å². The molecule has 2 amide bonds. The van der Waals surface area contributed by atoms with Gasteiger partial charge in [-0.1, -0.05) is 23.4 Å². The smallest absolute Gasteiger partial charge is 0.326 e. The van der Waals surface area contributed by atoms with Crippen molar-refractivity contribution in [1.29, 1.82) is 0 Å². The molecule has 0 aliphatic rings. The number of urea groups is 1. The van der Waals surface area contributed by atoms with Gasteiger partial charge in [0.2, 0.25) is 0 Å². The summed E-state index contributed by atoms with van der Waals surface area (Å²) < 4.78 is 5.46. The number of nitrogens with zero attached hydrogens (tertiary/aromatic N) is 1. The van der Waals surface area contributed by atoms with Crippen molar-refractivity contribution < 1.29 is 29.4 Å². The molecule has 2 aromatic rings. The second-order valence-electron chi connectivity index (χ2n) is 5.62. The quantitative estimate of drug-likeness (QED) is 0.226. The van der Waals surface area contributed by atoms with Crippen LogP contribution in [0.2, 0.25) is 0 Å². The van der Waals surface area contributed by atoms with Gasteiger partial charge in [0.05, 0.1) is 6.61 Å². The SMILES string of the molecule is O=CC(=NO)c1ccc(OCCC(NC(=O)Nc2ccccc2)C(=O)O)cc1. The lowest BCUT2D eigenvalue weighted by Gasteiger charge is -2.15. The first-order chi connectivity index (χ1) is 13.5. The Balaban J connectivity index is 1.85. The van der Waals surface area contributed by atoms with E-state index in [0.717, 1.165) is 0 Å². The summed E-state index contributed by atoms with van der Waals surface area (Å²) in [6.45, 7) is 0.0383. The number of carboxylic acid groups (broad SMARTS) is 1. The molecule has 28 heavy (non-hydrogen) atoms. The molecule has 0 spiro atoms. The van der Waals surface area contributed by atoms with Crippen LogP contribution in [0.3, 0.4) is 0 Å². The van der Waals surface area contributed by atoms with E-state index in [1.807, 2.05) is 0 Å². The lowest BCUT2D eigenvalue weighted by molar-refractivity contribution is -0.139. The first-order valence-corrected chi connectivity index (χ1v) is 8.29. The number of aldehydes is 1. The van der Waals surface area contributed by atoms with Gasteiger partial charge in [-0.25, -0.2) is 9.59 Å². The molecule has 0 radical (unpaired) electrons. The highest BCUT2D eigenvalue weighted by Crippen LogP contribution is 2.13. The fraction of sp³-hybridized carbons (Fsp3) is 0.158. The molecule has 0 bridgehead atoms. The topological polar surface area (TPSA) is 137 Å². The third-order valence-electron chi connectivity index (χ3n) is 3.68. The highest BCUT2D eigenvalue weighted by atomic mass is 16.5. The minimum atomic E-state index is -1.18. The van der Waals surface area contributed by atoms with E-state index in [-0.39, 0.29) is 18.7 Å². The molecule has 0 aliphatic heterocycles. The number of nitrogens with one attached hydrogen (secondary N) is 2. The third-order valence-corrected chi connectivity index (χ3v) is 3.68. The summed E-state index contributed by atoms with van der Waals surface area (Å²) in [4.78, 5) is 34.0. The average molecular weight is 385 g/mol. The van der Waals surface area contributed by atoms with Gasteiger partial charge in [-0.15, -0.1) is 0 Å². The number of amides is 2. The highest BCUT2D eigenvalue weighted by molar-refractivity contribution is 6.36. The van der Waals surface area contributed by atoms with Gasteiger partial charge >= 0.3 is 12.0 Å². The largest absolute Gasteiger partial charge is 0.494 e. The van der Waals surface area contributed by atoms with Gasteiger partial charge in [0, 0.05) is 17.7 Å². The van der Waals surface area contributed by atoms with Crippen molar-refractivity contribution in [3.05, 3.63) is 60.2 Å². The number of carboxylic acids is 1. The Hall–Kier alpha value is -3.88. The molecule has 4 N–H and O–H groups in total. The summed E-state index contributed by atoms with van der Waals surface area (Å²) >= 11 is 0. The predicted molar refractivity (Wildman–Crippen MR) is 101 cm³/mol. The van der Waals surface area contributed by atoms with Gasteiger partial charge in [0.15, 0.2) is 6.29 Å². The summed E-state index contributed by atoms with van der Waals surface area (Å²) in [5.74, 6) is -0.748. The fourth-order valence-electron chi connectivity index (χ4n) is 2.27. The van der Waals surface area contributed by atoms with Gasteiger partial charge < -0.3 is 25.7 Å². The first kappa shape index (κ1) is 20.4. The Morgan fingerprint density at radius 3 is 2.36 bits per heavy atom. The normalized spacial score (nSPS) is 11.9. The van der Waals surface area contributed by atoms with E-state index in [4.69, 9.17) is 9.94 Å². The van der Waals surface area contributed by atoms with Crippen LogP contribution in [0.25, 0.3) is 0 Å². The fourth-order valence-corrected chi connectivity index (χ4v) is 2.27. The average Bonchev–Trinajstić information content (AvgIpc) is 2.70. The minimum absolute atomic E-state index is 0.0383. The van der Waals surface area contributed by atoms with Crippen molar-refractivity contribution >= 4 is 29.7 Å². The molecule has 2 rings (SSSR count). The molecular formula is C19H19N3O6. The van der Waals surface area contributed by atoms with Gasteiger partial charge in [-0.3, -0.25) is 4.79 Å². The molecule has 1 unspecified atom stereocenters. The number of oxime groups is 1. The lowest BCUT2D eigenvalue weighted by Crippen LogP contribution is -2.43. The van der Waals surface area contributed by atoms with Crippen molar-refractivity contribution in [2.24, 2.45) is 5.16 Å². The van der Waals surface area contributed by atoms with Gasteiger partial charge in [-0.05, 0) is 36.4 Å². The zero-order valence-electron chi connectivity index (χ0n) is 14.7. The zero-order valence-corrected chi connectivity index (χ0v) is 14.7. The maximum Gasteiger partial charge on any atom is 0.326 e. The second-order valence-corrected chi connectivity index (χ2v) is 5.62. The van der Waals surface area contributed by atoms with Crippen molar-refractivity contribution in [2.45, 2.75) is 12.5 Å². The maximum atomic E-state index is 11.9. The van der Waals surface area contributed by atoms with Crippen molar-refractivity contribution in [2.75, 3.05) is 11.9 Å². The molecule has 1 atom stereocenters. The monoisotopic (exact) mass is 385 g/mol. The van der Waals surface area contributed by atoms with Crippen LogP contribution in [0, 0.1) is 0 Å². The van der Waals surface area contributed by atoms with Crippen LogP contribution in [-0.4, -0.2) is 47.0 Å². The van der Waals surface area contributed by atoms with Gasteiger partial charge in [0.25, 0.3) is 0 Å². The molecular weight excluding hydrogens is 366 g/mol. The molecule has 9 nitrogen and oxygen atoms in total. The molecule has 0 saturated heterocycles. The number of carbonyl (C=O) groups excluding carboxylic acids is 2. The number of aliphatic carboxylic acids is 1. The van der Waals surface area contributed by atoms with E-state index in [9.17, 15) is 19.5 Å². The summed E-state index contributed by atoms with van der Waals surface area (Å²) in [5, 5.41) is 25.8. The first-order valence-electron chi connectivity index (χ1n) is 8.29. The Morgan fingerprint density at radius 1 is 1.11 bits per heavy atom. The number of anilines is 1. The number of benzene rings is 2. The molecule has 9 heteroatoms. The Morgan fingerprint density at radius 2 is 1.79 bits per heavy atom. The second kappa shape index (κ2) is 10.3. The lowest BCUT2D eigenvalue weighted by atomic mass is 10.1. The van der Waals surface area contributed by atoms with Crippen molar-refractivity contribution in [3.63, 3.8) is 0 Å². The Bertz CT molecular complexity index is 837. The number of para-hydroxylation sites is 1. The number of hydrogen-bond donors (Lipinski definition) is 4. The van der Waals surface area contributed by atoms with Crippen LogP contribution < -0.4 is 15.4 Å². The van der Waals surface area contributed by atoms with Crippen LogP contribution in [0.4, 0.5) is 10.5 Å². The highest BCUT2D eigenvalue weighted by Gasteiger charge is 2.20. The minimum Gasteiger partial charge on any atom is -0.494 e. The van der Waals surface area contributed by atoms with Gasteiger partial charge in [-0.2, -0.15) is 0 Å². The van der Waals surface area contributed by atoms with E-state index in [2.05, 4.69) is 15.8 Å². The number of hydrogen-bond acceptors (Lipinski definition) is 6. The summed E-state index contributed by atoms with van der Waals surface area (Å²) in [6, 6.07) is 13.0. The molecule has 0 heterocycles. The van der Waals surface area contributed by atoms with Crippen LogP contribution in [0.1, 0.15) is 12.0 Å². The molecule has 0 aromatic heterocycles. The number of ether oxygens (including phenoxy) is 1. The standard InChI is InChI=1S/C19H19N3O6/c23-12-17(22-27)13-6-8-15(9-7-13)28-11-10-16(18(24)25)21-19(26)20-14-4-2-1-3-5-14/h1-9,12,16,27H,10-11H2,(H,24,25)(H2,20,21,26). The molecule has 0 fully saturated rings. The van der Waals surface area contributed by atoms with Gasteiger partial charge in [0.1, 0.15) is 17.5 Å². The number of rotatable bonds is 9. The molecule has 0 saturated carbocycles. The zero-order chi connectivity index (χ0) is 20.4. The molecule has 146 valence electrons. The summed E-state index contributed by atoms with van der Waals surface area (Å²) in [7, 11) is 0. The van der Waals surface area contributed by atoms with E-state index >= 15 is 0 Å². The van der Waals surface area contributed by atoms with E-state index in [1.165, 1.54) is 12.1 Å². The van der Waals surface area contributed by atoms with E-state index in [0.29, 0.717) is 23.3 Å². The van der Waals surface area contributed by atoms with E-state index in [1.54, 1.807) is 42.5 Å². The van der Waals surface area contributed by atoms with Crippen molar-refractivity contribution in [1.82, 2.24) is 5.32 Å². The molecule has 2 aromatic carbocycles. The van der Waals surface area contributed by atoms with Crippen LogP contribution in [0.15, 0.2) is 59.8 Å². The summed E-state index contributed by atoms with van der Waals surface area (Å²) in [5.41, 5.74) is 0.834. The molecule has 0 aliphatic carbocycles. The van der Waals surface area contributed by atoms with E-state index < -0.39 is 18.0 Å². The third kappa shape index (κ3) is 6.13.